The molecule has 5 nitrogen and oxygen atoms in total. The molecule has 114 valence electrons. The third kappa shape index (κ3) is 3.65. The van der Waals surface area contributed by atoms with Gasteiger partial charge in [0, 0.05) is 6.07 Å². The first-order chi connectivity index (χ1) is 10.6. The Morgan fingerprint density at radius 2 is 1.91 bits per heavy atom. The highest BCUT2D eigenvalue weighted by Gasteiger charge is 2.11. The average Bonchev–Trinajstić information content (AvgIpc) is 2.95. The van der Waals surface area contributed by atoms with Crippen LogP contribution in [-0.2, 0) is 16.4 Å². The number of rotatable bonds is 6. The molecule has 0 atom stereocenters. The number of anilines is 1. The van der Waals surface area contributed by atoms with Gasteiger partial charge in [0.1, 0.15) is 5.52 Å². The number of sulfonamides is 1. The lowest BCUT2D eigenvalue weighted by molar-refractivity contribution is 0.598. The first-order valence-electron chi connectivity index (χ1n) is 7.00. The summed E-state index contributed by atoms with van der Waals surface area (Å²) >= 11 is 0. The van der Waals surface area contributed by atoms with Gasteiger partial charge in [0.25, 0.3) is 0 Å². The summed E-state index contributed by atoms with van der Waals surface area (Å²) in [6, 6.07) is 14.9. The molecule has 1 heterocycles. The van der Waals surface area contributed by atoms with E-state index in [1.807, 2.05) is 30.3 Å². The van der Waals surface area contributed by atoms with Gasteiger partial charge in [0.15, 0.2) is 12.0 Å². The van der Waals surface area contributed by atoms with E-state index in [1.165, 1.54) is 6.39 Å². The Hall–Kier alpha value is -2.34. The largest absolute Gasteiger partial charge is 0.443 e. The van der Waals surface area contributed by atoms with Crippen LogP contribution in [0, 0.1) is 0 Å². The lowest BCUT2D eigenvalue weighted by Gasteiger charge is -2.08. The number of hydrogen-bond donors (Lipinski definition) is 1. The number of fused-ring (bicyclic) bond motifs is 1. The van der Waals surface area contributed by atoms with Crippen LogP contribution < -0.4 is 4.72 Å². The number of hydrogen-bond acceptors (Lipinski definition) is 4. The second-order valence-electron chi connectivity index (χ2n) is 5.04. The van der Waals surface area contributed by atoms with E-state index in [0.717, 1.165) is 12.0 Å². The van der Waals surface area contributed by atoms with E-state index in [9.17, 15) is 8.42 Å². The summed E-state index contributed by atoms with van der Waals surface area (Å²) < 4.78 is 32.0. The third-order valence-corrected chi connectivity index (χ3v) is 4.70. The van der Waals surface area contributed by atoms with Gasteiger partial charge in [-0.2, -0.15) is 0 Å². The minimum absolute atomic E-state index is 0.0797. The van der Waals surface area contributed by atoms with Crippen molar-refractivity contribution in [1.29, 1.82) is 0 Å². The molecule has 0 aliphatic carbocycles. The maximum atomic E-state index is 12.1. The molecule has 6 heteroatoms. The van der Waals surface area contributed by atoms with Crippen LogP contribution in [0.3, 0.4) is 0 Å². The molecule has 0 radical (unpaired) electrons. The van der Waals surface area contributed by atoms with Crippen molar-refractivity contribution in [1.82, 2.24) is 4.98 Å². The second kappa shape index (κ2) is 6.19. The van der Waals surface area contributed by atoms with Gasteiger partial charge < -0.3 is 4.42 Å². The Balaban J connectivity index is 1.60. The molecule has 22 heavy (non-hydrogen) atoms. The number of oxazole rings is 1. The average molecular weight is 316 g/mol. The standard InChI is InChI=1S/C16H16N2O3S/c19-22(20,10-4-7-13-5-2-1-3-6-13)18-14-8-9-15-16(11-14)21-12-17-15/h1-3,5-6,8-9,11-12,18H,4,7,10H2. The first kappa shape index (κ1) is 14.6. The van der Waals surface area contributed by atoms with Crippen LogP contribution in [0.1, 0.15) is 12.0 Å². The van der Waals surface area contributed by atoms with Crippen molar-refractivity contribution in [3.05, 3.63) is 60.5 Å². The zero-order chi connectivity index (χ0) is 15.4. The lowest BCUT2D eigenvalue weighted by atomic mass is 10.1. The third-order valence-electron chi connectivity index (χ3n) is 3.33. The quantitative estimate of drug-likeness (QED) is 0.758. The van der Waals surface area contributed by atoms with Gasteiger partial charge in [0.05, 0.1) is 11.4 Å². The van der Waals surface area contributed by atoms with Crippen molar-refractivity contribution in [2.45, 2.75) is 12.8 Å². The van der Waals surface area contributed by atoms with Crippen LogP contribution in [0.25, 0.3) is 11.1 Å². The van der Waals surface area contributed by atoms with Gasteiger partial charge in [0.2, 0.25) is 10.0 Å². The Morgan fingerprint density at radius 3 is 2.73 bits per heavy atom. The predicted octanol–water partition coefficient (Wildman–Crippen LogP) is 3.20. The Morgan fingerprint density at radius 1 is 1.09 bits per heavy atom. The lowest BCUT2D eigenvalue weighted by Crippen LogP contribution is -2.17. The van der Waals surface area contributed by atoms with Crippen LogP contribution in [0.4, 0.5) is 5.69 Å². The second-order valence-corrected chi connectivity index (χ2v) is 6.89. The molecule has 3 aromatic rings. The number of nitrogens with zero attached hydrogens (tertiary/aromatic N) is 1. The molecule has 0 bridgehead atoms. The Labute approximate surface area is 129 Å². The van der Waals surface area contributed by atoms with Gasteiger partial charge in [-0.1, -0.05) is 30.3 Å². The highest BCUT2D eigenvalue weighted by molar-refractivity contribution is 7.92. The highest BCUT2D eigenvalue weighted by Crippen LogP contribution is 2.19. The number of nitrogens with one attached hydrogen (secondary N) is 1. The van der Waals surface area contributed by atoms with E-state index in [-0.39, 0.29) is 5.75 Å². The molecule has 2 aromatic carbocycles. The molecule has 1 aromatic heterocycles. The molecule has 0 saturated carbocycles. The number of aromatic nitrogens is 1. The summed E-state index contributed by atoms with van der Waals surface area (Å²) in [5.74, 6) is 0.0797. The molecular weight excluding hydrogens is 300 g/mol. The zero-order valence-corrected chi connectivity index (χ0v) is 12.7. The molecule has 0 aliphatic rings. The molecular formula is C16H16N2O3S. The highest BCUT2D eigenvalue weighted by atomic mass is 32.2. The maximum Gasteiger partial charge on any atom is 0.232 e. The molecule has 3 rings (SSSR count). The van der Waals surface area contributed by atoms with E-state index in [1.54, 1.807) is 18.2 Å². The Bertz CT molecular complexity index is 857. The monoisotopic (exact) mass is 316 g/mol. The molecule has 1 N–H and O–H groups in total. The fourth-order valence-corrected chi connectivity index (χ4v) is 3.37. The van der Waals surface area contributed by atoms with Gasteiger partial charge in [-0.15, -0.1) is 0 Å². The van der Waals surface area contributed by atoms with Crippen molar-refractivity contribution >= 4 is 26.8 Å². The summed E-state index contributed by atoms with van der Waals surface area (Å²) in [5.41, 5.74) is 2.89. The Kier molecular flexibility index (Phi) is 4.11. The predicted molar refractivity (Wildman–Crippen MR) is 86.2 cm³/mol. The smallest absolute Gasteiger partial charge is 0.232 e. The molecule has 0 saturated heterocycles. The van der Waals surface area contributed by atoms with Crippen molar-refractivity contribution < 1.29 is 12.8 Å². The van der Waals surface area contributed by atoms with Gasteiger partial charge in [-0.05, 0) is 30.5 Å². The maximum absolute atomic E-state index is 12.1. The van der Waals surface area contributed by atoms with E-state index in [4.69, 9.17) is 4.42 Å². The van der Waals surface area contributed by atoms with Crippen LogP contribution in [-0.4, -0.2) is 19.2 Å². The van der Waals surface area contributed by atoms with E-state index < -0.39 is 10.0 Å². The van der Waals surface area contributed by atoms with E-state index in [2.05, 4.69) is 9.71 Å². The minimum atomic E-state index is -3.37. The SMILES string of the molecule is O=S(=O)(CCCc1ccccc1)Nc1ccc2ncoc2c1. The molecule has 0 fully saturated rings. The molecule has 0 spiro atoms. The minimum Gasteiger partial charge on any atom is -0.443 e. The fraction of sp³-hybridized carbons (Fsp3) is 0.188. The molecule has 0 unspecified atom stereocenters. The summed E-state index contributed by atoms with van der Waals surface area (Å²) in [4.78, 5) is 4.00. The number of benzene rings is 2. The van der Waals surface area contributed by atoms with Crippen LogP contribution in [0.5, 0.6) is 0 Å². The van der Waals surface area contributed by atoms with Crippen LogP contribution in [0.2, 0.25) is 0 Å². The fourth-order valence-electron chi connectivity index (χ4n) is 2.26. The van der Waals surface area contributed by atoms with Crippen LogP contribution in [0.15, 0.2) is 59.3 Å². The molecule has 0 aliphatic heterocycles. The van der Waals surface area contributed by atoms with Crippen molar-refractivity contribution in [3.63, 3.8) is 0 Å². The van der Waals surface area contributed by atoms with Crippen molar-refractivity contribution in [3.8, 4) is 0 Å². The van der Waals surface area contributed by atoms with E-state index >= 15 is 0 Å². The van der Waals surface area contributed by atoms with E-state index in [0.29, 0.717) is 23.2 Å². The molecule has 0 amide bonds. The van der Waals surface area contributed by atoms with Gasteiger partial charge in [-0.3, -0.25) is 4.72 Å². The van der Waals surface area contributed by atoms with Gasteiger partial charge in [-0.25, -0.2) is 13.4 Å². The summed E-state index contributed by atoms with van der Waals surface area (Å²) in [5, 5.41) is 0. The first-order valence-corrected chi connectivity index (χ1v) is 8.65. The summed E-state index contributed by atoms with van der Waals surface area (Å²) in [6.07, 6.45) is 2.65. The van der Waals surface area contributed by atoms with Gasteiger partial charge >= 0.3 is 0 Å². The topological polar surface area (TPSA) is 72.2 Å². The van der Waals surface area contributed by atoms with Crippen molar-refractivity contribution in [2.75, 3.05) is 10.5 Å². The van der Waals surface area contributed by atoms with Crippen LogP contribution >= 0.6 is 0 Å². The van der Waals surface area contributed by atoms with Crippen molar-refractivity contribution in [2.24, 2.45) is 0 Å². The number of aryl methyl sites for hydroxylation is 1. The normalized spacial score (nSPS) is 11.6. The summed E-state index contributed by atoms with van der Waals surface area (Å²) in [7, 11) is -3.37. The zero-order valence-electron chi connectivity index (χ0n) is 11.9. The summed E-state index contributed by atoms with van der Waals surface area (Å²) in [6.45, 7) is 0.